The second-order valence-corrected chi connectivity index (χ2v) is 8.82. The van der Waals surface area contributed by atoms with E-state index in [-0.39, 0.29) is 21.3 Å². The van der Waals surface area contributed by atoms with Crippen molar-refractivity contribution in [1.82, 2.24) is 19.3 Å². The quantitative estimate of drug-likeness (QED) is 0.571. The molecule has 0 bridgehead atoms. The van der Waals surface area contributed by atoms with Crippen LogP contribution < -0.4 is 5.32 Å². The lowest BCUT2D eigenvalue weighted by Gasteiger charge is -2.19. The molecule has 0 unspecified atom stereocenters. The Bertz CT molecular complexity index is 1130. The predicted molar refractivity (Wildman–Crippen MR) is 115 cm³/mol. The molecule has 0 aliphatic carbocycles. The number of halogens is 1. The summed E-state index contributed by atoms with van der Waals surface area (Å²) >= 11 is 6.17. The van der Waals surface area contributed by atoms with Crippen molar-refractivity contribution in [3.05, 3.63) is 71.0 Å². The van der Waals surface area contributed by atoms with Gasteiger partial charge in [-0.1, -0.05) is 61.0 Å². The average Bonchev–Trinajstić information content (AvgIpc) is 3.19. The molecular formula is C20H22ClN5O3S. The molecule has 0 atom stereocenters. The number of carbonyl (C=O) groups is 1. The molecule has 10 heteroatoms. The van der Waals surface area contributed by atoms with Crippen LogP contribution in [0, 0.1) is 0 Å². The molecule has 1 heterocycles. The van der Waals surface area contributed by atoms with E-state index in [0.717, 1.165) is 5.56 Å². The van der Waals surface area contributed by atoms with Crippen LogP contribution in [0.15, 0.2) is 59.6 Å². The lowest BCUT2D eigenvalue weighted by molar-refractivity contribution is 0.102. The molecule has 0 saturated heterocycles. The molecule has 3 aromatic rings. The number of carbonyl (C=O) groups excluding carboxylic acids is 1. The highest BCUT2D eigenvalue weighted by Gasteiger charge is 2.23. The van der Waals surface area contributed by atoms with Crippen LogP contribution in [0.2, 0.25) is 5.02 Å². The maximum absolute atomic E-state index is 12.7. The Morgan fingerprint density at radius 3 is 2.50 bits per heavy atom. The van der Waals surface area contributed by atoms with Crippen molar-refractivity contribution < 1.29 is 13.2 Å². The molecule has 0 saturated carbocycles. The zero-order valence-electron chi connectivity index (χ0n) is 16.6. The van der Waals surface area contributed by atoms with Crippen LogP contribution in [-0.4, -0.2) is 46.7 Å². The first-order valence-electron chi connectivity index (χ1n) is 9.40. The number of nitrogens with zero attached hydrogens (tertiary/aromatic N) is 4. The van der Waals surface area contributed by atoms with Gasteiger partial charge in [0.05, 0.1) is 28.3 Å². The number of rotatable bonds is 8. The van der Waals surface area contributed by atoms with Gasteiger partial charge in [0.25, 0.3) is 5.91 Å². The summed E-state index contributed by atoms with van der Waals surface area (Å²) in [7, 11) is -3.68. The molecule has 1 amide bonds. The van der Waals surface area contributed by atoms with Crippen molar-refractivity contribution >= 4 is 33.2 Å². The van der Waals surface area contributed by atoms with Gasteiger partial charge in [0, 0.05) is 13.1 Å². The Labute approximate surface area is 180 Å². The Kier molecular flexibility index (Phi) is 6.86. The van der Waals surface area contributed by atoms with Crippen LogP contribution in [0.25, 0.3) is 0 Å². The van der Waals surface area contributed by atoms with E-state index in [1.54, 1.807) is 18.5 Å². The van der Waals surface area contributed by atoms with Crippen molar-refractivity contribution in [2.45, 2.75) is 25.3 Å². The Morgan fingerprint density at radius 1 is 1.13 bits per heavy atom. The normalized spacial score (nSPS) is 11.6. The SMILES string of the molecule is CCN(CC)S(=O)(=O)c1ccc(Cl)c(NC(=O)c2cn(Cc3ccccc3)nn2)c1. The minimum Gasteiger partial charge on any atom is -0.319 e. The Hall–Kier alpha value is -2.75. The third-order valence-electron chi connectivity index (χ3n) is 4.49. The number of nitrogens with one attached hydrogen (secondary N) is 1. The van der Waals surface area contributed by atoms with Gasteiger partial charge < -0.3 is 5.32 Å². The van der Waals surface area contributed by atoms with Gasteiger partial charge in [-0.25, -0.2) is 13.1 Å². The lowest BCUT2D eigenvalue weighted by Crippen LogP contribution is -2.30. The van der Waals surface area contributed by atoms with Gasteiger partial charge in [-0.3, -0.25) is 4.79 Å². The van der Waals surface area contributed by atoms with Gasteiger partial charge in [0.1, 0.15) is 0 Å². The highest BCUT2D eigenvalue weighted by atomic mass is 35.5. The highest BCUT2D eigenvalue weighted by Crippen LogP contribution is 2.27. The molecule has 0 fully saturated rings. The third kappa shape index (κ3) is 4.86. The Balaban J connectivity index is 1.79. The number of anilines is 1. The van der Waals surface area contributed by atoms with Crippen LogP contribution in [0.1, 0.15) is 29.9 Å². The molecule has 30 heavy (non-hydrogen) atoms. The van der Waals surface area contributed by atoms with Gasteiger partial charge >= 0.3 is 0 Å². The minimum absolute atomic E-state index is 0.0543. The van der Waals surface area contributed by atoms with E-state index in [1.165, 1.54) is 28.7 Å². The van der Waals surface area contributed by atoms with Crippen molar-refractivity contribution in [3.8, 4) is 0 Å². The highest BCUT2D eigenvalue weighted by molar-refractivity contribution is 7.89. The fourth-order valence-corrected chi connectivity index (χ4v) is 4.56. The number of hydrogen-bond acceptors (Lipinski definition) is 5. The van der Waals surface area contributed by atoms with Gasteiger partial charge in [-0.2, -0.15) is 4.31 Å². The molecule has 0 aliphatic heterocycles. The van der Waals surface area contributed by atoms with Crippen LogP contribution in [-0.2, 0) is 16.6 Å². The number of hydrogen-bond donors (Lipinski definition) is 1. The monoisotopic (exact) mass is 447 g/mol. The zero-order chi connectivity index (χ0) is 21.7. The molecule has 3 rings (SSSR count). The standard InChI is InChI=1S/C20H22ClN5O3S/c1-3-26(4-2)30(28,29)16-10-11-17(21)18(12-16)22-20(27)19-14-25(24-23-19)13-15-8-6-5-7-9-15/h5-12,14H,3-4,13H2,1-2H3,(H,22,27). The van der Waals surface area contributed by atoms with E-state index >= 15 is 0 Å². The van der Waals surface area contributed by atoms with Gasteiger partial charge in [-0.05, 0) is 23.8 Å². The zero-order valence-corrected chi connectivity index (χ0v) is 18.2. The molecule has 1 aromatic heterocycles. The summed E-state index contributed by atoms with van der Waals surface area (Å²) in [5.41, 5.74) is 1.30. The first-order valence-corrected chi connectivity index (χ1v) is 11.2. The van der Waals surface area contributed by atoms with Crippen LogP contribution >= 0.6 is 11.6 Å². The predicted octanol–water partition coefficient (Wildman–Crippen LogP) is 3.26. The first-order chi connectivity index (χ1) is 14.3. The first kappa shape index (κ1) is 21.9. The number of benzene rings is 2. The summed E-state index contributed by atoms with van der Waals surface area (Å²) in [5.74, 6) is -0.534. The summed E-state index contributed by atoms with van der Waals surface area (Å²) in [4.78, 5) is 12.6. The molecular weight excluding hydrogens is 426 g/mol. The summed E-state index contributed by atoms with van der Waals surface area (Å²) in [6.07, 6.45) is 1.52. The third-order valence-corrected chi connectivity index (χ3v) is 6.86. The number of sulfonamides is 1. The van der Waals surface area contributed by atoms with Crippen molar-refractivity contribution in [1.29, 1.82) is 0 Å². The van der Waals surface area contributed by atoms with E-state index in [1.807, 2.05) is 30.3 Å². The number of amides is 1. The summed E-state index contributed by atoms with van der Waals surface area (Å²) in [6.45, 7) is 4.68. The summed E-state index contributed by atoms with van der Waals surface area (Å²) in [5, 5.41) is 10.7. The molecule has 0 aliphatic rings. The van der Waals surface area contributed by atoms with E-state index in [2.05, 4.69) is 15.6 Å². The largest absolute Gasteiger partial charge is 0.319 e. The van der Waals surface area contributed by atoms with E-state index in [4.69, 9.17) is 11.6 Å². The molecule has 0 spiro atoms. The van der Waals surface area contributed by atoms with E-state index in [0.29, 0.717) is 19.6 Å². The molecule has 8 nitrogen and oxygen atoms in total. The van der Waals surface area contributed by atoms with Crippen molar-refractivity contribution in [2.75, 3.05) is 18.4 Å². The van der Waals surface area contributed by atoms with Crippen LogP contribution in [0.5, 0.6) is 0 Å². The maximum atomic E-state index is 12.7. The van der Waals surface area contributed by atoms with Gasteiger partial charge in [0.2, 0.25) is 10.0 Å². The molecule has 158 valence electrons. The summed E-state index contributed by atoms with van der Waals surface area (Å²) < 4.78 is 28.3. The lowest BCUT2D eigenvalue weighted by atomic mass is 10.2. The molecule has 0 radical (unpaired) electrons. The van der Waals surface area contributed by atoms with Gasteiger partial charge in [-0.15, -0.1) is 5.10 Å². The minimum atomic E-state index is -3.68. The number of aromatic nitrogens is 3. The Morgan fingerprint density at radius 2 is 1.83 bits per heavy atom. The van der Waals surface area contributed by atoms with E-state index < -0.39 is 15.9 Å². The maximum Gasteiger partial charge on any atom is 0.277 e. The fourth-order valence-electron chi connectivity index (χ4n) is 2.91. The average molecular weight is 448 g/mol. The molecule has 1 N–H and O–H groups in total. The second kappa shape index (κ2) is 9.38. The van der Waals surface area contributed by atoms with Crippen molar-refractivity contribution in [3.63, 3.8) is 0 Å². The van der Waals surface area contributed by atoms with Crippen LogP contribution in [0.4, 0.5) is 5.69 Å². The van der Waals surface area contributed by atoms with Gasteiger partial charge in [0.15, 0.2) is 5.69 Å². The second-order valence-electron chi connectivity index (χ2n) is 6.47. The smallest absolute Gasteiger partial charge is 0.277 e. The van der Waals surface area contributed by atoms with Crippen molar-refractivity contribution in [2.24, 2.45) is 0 Å². The van der Waals surface area contributed by atoms with Crippen LogP contribution in [0.3, 0.4) is 0 Å². The topological polar surface area (TPSA) is 97.2 Å². The molecule has 2 aromatic carbocycles. The summed E-state index contributed by atoms with van der Waals surface area (Å²) in [6, 6.07) is 13.9. The van der Waals surface area contributed by atoms with E-state index in [9.17, 15) is 13.2 Å². The fraction of sp³-hybridized carbons (Fsp3) is 0.250.